The molecule has 32 heavy (non-hydrogen) atoms. The van der Waals surface area contributed by atoms with E-state index in [1.807, 2.05) is 13.8 Å². The van der Waals surface area contributed by atoms with Gasteiger partial charge in [-0.2, -0.15) is 0 Å². The Balaban J connectivity index is 2.33. The summed E-state index contributed by atoms with van der Waals surface area (Å²) in [5.41, 5.74) is 5.03. The van der Waals surface area contributed by atoms with Crippen LogP contribution in [0.25, 0.3) is 5.57 Å². The van der Waals surface area contributed by atoms with Gasteiger partial charge in [0.05, 0.1) is 30.6 Å². The van der Waals surface area contributed by atoms with Crippen molar-refractivity contribution in [2.24, 2.45) is 5.41 Å². The van der Waals surface area contributed by atoms with Gasteiger partial charge in [-0.15, -0.1) is 0 Å². The fraction of sp³-hybridized carbons (Fsp3) is 0.692. The summed E-state index contributed by atoms with van der Waals surface area (Å²) >= 11 is 0. The van der Waals surface area contributed by atoms with Gasteiger partial charge in [-0.3, -0.25) is 4.98 Å². The van der Waals surface area contributed by atoms with Gasteiger partial charge in [-0.1, -0.05) is 54.5 Å². The quantitative estimate of drug-likeness (QED) is 0.494. The lowest BCUT2D eigenvalue weighted by Crippen LogP contribution is -2.44. The lowest BCUT2D eigenvalue weighted by molar-refractivity contribution is 0.0692. The van der Waals surface area contributed by atoms with Crippen molar-refractivity contribution in [2.75, 3.05) is 13.2 Å². The van der Waals surface area contributed by atoms with E-state index in [0.717, 1.165) is 35.2 Å². The van der Waals surface area contributed by atoms with Crippen LogP contribution in [0.15, 0.2) is 6.08 Å². The molecule has 1 aromatic rings. The van der Waals surface area contributed by atoms with E-state index in [-0.39, 0.29) is 22.5 Å². The van der Waals surface area contributed by atoms with E-state index in [1.54, 1.807) is 0 Å². The first-order valence-corrected chi connectivity index (χ1v) is 14.8. The topological polar surface area (TPSA) is 68.7 Å². The zero-order chi connectivity index (χ0) is 24.1. The summed E-state index contributed by atoms with van der Waals surface area (Å²) in [7, 11) is -2.10. The second-order valence-corrected chi connectivity index (χ2v) is 16.8. The highest BCUT2D eigenvalue weighted by Crippen LogP contribution is 2.50. The molecule has 1 aliphatic carbocycles. The molecule has 5 nitrogen and oxygen atoms in total. The molecule has 0 amide bonds. The number of rotatable bonds is 5. The number of hydrogen-bond donors (Lipinski definition) is 1. The van der Waals surface area contributed by atoms with Gasteiger partial charge in [-0.25, -0.2) is 4.79 Å². The van der Waals surface area contributed by atoms with E-state index in [0.29, 0.717) is 30.9 Å². The van der Waals surface area contributed by atoms with Crippen LogP contribution in [0.2, 0.25) is 18.1 Å². The second kappa shape index (κ2) is 8.69. The molecular formula is C26H41NO4Si. The van der Waals surface area contributed by atoms with Gasteiger partial charge >= 0.3 is 5.97 Å². The Labute approximate surface area is 194 Å². The summed E-state index contributed by atoms with van der Waals surface area (Å²) in [6.45, 7) is 21.0. The number of aromatic nitrogens is 1. The zero-order valence-electron chi connectivity index (χ0n) is 21.4. The summed E-state index contributed by atoms with van der Waals surface area (Å²) in [6.07, 6.45) is 4.31. The largest absolute Gasteiger partial charge is 0.478 e. The van der Waals surface area contributed by atoms with Crippen molar-refractivity contribution in [3.8, 4) is 0 Å². The van der Waals surface area contributed by atoms with Crippen LogP contribution in [-0.4, -0.2) is 37.6 Å². The fourth-order valence-corrected chi connectivity index (χ4v) is 5.90. The van der Waals surface area contributed by atoms with Gasteiger partial charge in [0, 0.05) is 16.8 Å². The third-order valence-electron chi connectivity index (χ3n) is 7.34. The van der Waals surface area contributed by atoms with Crippen molar-refractivity contribution in [3.05, 3.63) is 34.2 Å². The molecule has 2 heterocycles. The molecule has 6 heteroatoms. The molecule has 1 aliphatic heterocycles. The molecule has 1 aromatic heterocycles. The number of hydrogen-bond acceptors (Lipinski definition) is 4. The fourth-order valence-electron chi connectivity index (χ4n) is 4.63. The third kappa shape index (κ3) is 4.87. The smallest absolute Gasteiger partial charge is 0.338 e. The summed E-state index contributed by atoms with van der Waals surface area (Å²) in [4.78, 5) is 17.6. The first kappa shape index (κ1) is 25.1. The van der Waals surface area contributed by atoms with Gasteiger partial charge in [0.1, 0.15) is 0 Å². The minimum Gasteiger partial charge on any atom is -0.478 e. The molecule has 1 N–H and O–H groups in total. The Morgan fingerprint density at radius 2 is 1.97 bits per heavy atom. The van der Waals surface area contributed by atoms with Crippen LogP contribution < -0.4 is 0 Å². The van der Waals surface area contributed by atoms with Crippen molar-refractivity contribution in [3.63, 3.8) is 0 Å². The second-order valence-electron chi connectivity index (χ2n) is 12.0. The van der Waals surface area contributed by atoms with Crippen molar-refractivity contribution >= 4 is 19.9 Å². The molecule has 0 bridgehead atoms. The predicted octanol–water partition coefficient (Wildman–Crippen LogP) is 6.74. The van der Waals surface area contributed by atoms with Crippen LogP contribution in [0, 0.1) is 5.41 Å². The van der Waals surface area contributed by atoms with E-state index in [4.69, 9.17) is 14.1 Å². The molecular weight excluding hydrogens is 418 g/mol. The maximum Gasteiger partial charge on any atom is 0.338 e. The number of ether oxygens (including phenoxy) is 1. The van der Waals surface area contributed by atoms with E-state index < -0.39 is 14.3 Å². The SMILES string of the molecule is CC(C)c1nc2c(c(C3=CCOCC3)c1C(=O)O)C(O[Si](C)(C)C(C)(C)C)CC(C)(C)C2. The number of carbonyl (C=O) groups is 1. The number of carboxylic acid groups (broad SMARTS) is 1. The van der Waals surface area contributed by atoms with Crippen molar-refractivity contribution in [2.45, 2.75) is 97.9 Å². The molecule has 0 fully saturated rings. The Kier molecular flexibility index (Phi) is 6.82. The van der Waals surface area contributed by atoms with Crippen LogP contribution in [0.5, 0.6) is 0 Å². The summed E-state index contributed by atoms with van der Waals surface area (Å²) in [5, 5.41) is 10.4. The van der Waals surface area contributed by atoms with E-state index in [1.165, 1.54) is 0 Å². The highest BCUT2D eigenvalue weighted by Gasteiger charge is 2.45. The highest BCUT2D eigenvalue weighted by atomic mass is 28.4. The number of nitrogens with zero attached hydrogens (tertiary/aromatic N) is 1. The zero-order valence-corrected chi connectivity index (χ0v) is 22.4. The molecule has 3 rings (SSSR count). The Morgan fingerprint density at radius 1 is 1.31 bits per heavy atom. The molecule has 0 saturated heterocycles. The number of carboxylic acids is 1. The summed E-state index contributed by atoms with van der Waals surface area (Å²) in [6, 6.07) is 0. The number of fused-ring (bicyclic) bond motifs is 1. The van der Waals surface area contributed by atoms with Crippen LogP contribution in [0.3, 0.4) is 0 Å². The van der Waals surface area contributed by atoms with Gasteiger partial charge in [0.15, 0.2) is 8.32 Å². The highest BCUT2D eigenvalue weighted by molar-refractivity contribution is 6.74. The van der Waals surface area contributed by atoms with Crippen LogP contribution in [0.4, 0.5) is 0 Å². The van der Waals surface area contributed by atoms with E-state index in [2.05, 4.69) is 53.8 Å². The Hall–Kier alpha value is -1.50. The lowest BCUT2D eigenvalue weighted by Gasteiger charge is -2.45. The van der Waals surface area contributed by atoms with Crippen LogP contribution in [0.1, 0.15) is 106 Å². The normalized spacial score (nSPS) is 21.3. The van der Waals surface area contributed by atoms with Gasteiger partial charge in [0.25, 0.3) is 0 Å². The average molecular weight is 460 g/mol. The minimum absolute atomic E-state index is 0.0235. The maximum atomic E-state index is 12.6. The summed E-state index contributed by atoms with van der Waals surface area (Å²) in [5.74, 6) is -0.877. The van der Waals surface area contributed by atoms with Gasteiger partial charge in [0.2, 0.25) is 0 Å². The van der Waals surface area contributed by atoms with Crippen LogP contribution >= 0.6 is 0 Å². The van der Waals surface area contributed by atoms with Gasteiger partial charge in [-0.05, 0) is 54.3 Å². The molecule has 0 radical (unpaired) electrons. The average Bonchev–Trinajstić information content (AvgIpc) is 2.64. The molecule has 2 aliphatic rings. The number of pyridine rings is 1. The first-order valence-electron chi connectivity index (χ1n) is 11.9. The van der Waals surface area contributed by atoms with E-state index in [9.17, 15) is 9.90 Å². The first-order chi connectivity index (χ1) is 14.6. The lowest BCUT2D eigenvalue weighted by atomic mass is 9.71. The third-order valence-corrected chi connectivity index (χ3v) is 11.8. The monoisotopic (exact) mass is 459 g/mol. The molecule has 178 valence electrons. The summed E-state index contributed by atoms with van der Waals surface area (Å²) < 4.78 is 12.6. The molecule has 1 atom stereocenters. The van der Waals surface area contributed by atoms with Crippen LogP contribution in [-0.2, 0) is 15.6 Å². The van der Waals surface area contributed by atoms with Crippen molar-refractivity contribution in [1.29, 1.82) is 0 Å². The number of aromatic carboxylic acids is 1. The van der Waals surface area contributed by atoms with Crippen molar-refractivity contribution < 1.29 is 19.1 Å². The molecule has 0 saturated carbocycles. The van der Waals surface area contributed by atoms with Crippen molar-refractivity contribution in [1.82, 2.24) is 4.98 Å². The van der Waals surface area contributed by atoms with Gasteiger partial charge < -0.3 is 14.3 Å². The molecule has 1 unspecified atom stereocenters. The van der Waals surface area contributed by atoms with E-state index >= 15 is 0 Å². The molecule has 0 aromatic carbocycles. The minimum atomic E-state index is -2.10. The maximum absolute atomic E-state index is 12.6. The Morgan fingerprint density at radius 3 is 2.47 bits per heavy atom. The Bertz CT molecular complexity index is 925. The predicted molar refractivity (Wildman–Crippen MR) is 132 cm³/mol. The standard InChI is InChI=1S/C26H41NO4Si/c1-16(2)23-22(24(28)29)20(17-10-12-30-13-11-17)21-18(27-23)14-26(6,7)15-19(21)31-32(8,9)25(3,4)5/h10,16,19H,11-15H2,1-9H3,(H,28,29). The molecule has 0 spiro atoms.